The van der Waals surface area contributed by atoms with E-state index in [1.165, 1.54) is 33.8 Å². The summed E-state index contributed by atoms with van der Waals surface area (Å²) >= 11 is 0. The number of phenolic OH excluding ortho intramolecular Hbond substituents is 1. The molecule has 18 nitrogen and oxygen atoms in total. The Kier molecular flexibility index (Phi) is 16.4. The molecule has 1 fully saturated rings. The SMILES string of the molecule is CCn1c(-c2cccnc2[C@H](C)OC)c2c3cc(ccc31)-c1cc(O)cc(c1)C[C@H](NC(=O)[C@H](C(C)C)N(C)C(=O)c1ncc(NC(=O)/C=C/CN(C)C)n1C)C(=O)N1CCC[C@H](N1)C(=O)OCC(C)(C)C2. The first-order chi connectivity index (χ1) is 34.2. The smallest absolute Gasteiger partial charge is 0.324 e. The number of pyridine rings is 1. The number of cyclic esters (lactones) is 1. The van der Waals surface area contributed by atoms with Crippen LogP contribution < -0.4 is 16.1 Å². The lowest BCUT2D eigenvalue weighted by atomic mass is 9.84. The van der Waals surface area contributed by atoms with Crippen molar-refractivity contribution in [3.63, 3.8) is 0 Å². The van der Waals surface area contributed by atoms with E-state index >= 15 is 0 Å². The summed E-state index contributed by atoms with van der Waals surface area (Å²) in [6, 6.07) is 12.2. The minimum Gasteiger partial charge on any atom is -0.508 e. The van der Waals surface area contributed by atoms with Gasteiger partial charge in [-0.3, -0.25) is 34.0 Å². The fourth-order valence-electron chi connectivity index (χ4n) is 9.80. The van der Waals surface area contributed by atoms with Gasteiger partial charge in [0.05, 0.1) is 30.3 Å². The van der Waals surface area contributed by atoms with Gasteiger partial charge in [-0.2, -0.15) is 0 Å². The standard InChI is InChI=1S/C54H70N10O8/c1-12-63-43-20-19-35-28-39(43)40(48(63)38-16-13-21-55-46(38)33(4)71-11)29-54(5,6)31-72-53(70)41-17-14-23-64(59-41)51(68)42(26-34-24-36(35)27-37(65)25-34)57-50(67)47(32(2)3)62(10)52(69)49-56-30-44(61(49)9)58-45(66)18-15-22-60(7)8/h13,15-16,18-21,24-25,27-28,30,32-33,41-42,47,59,65H,12,14,17,22-23,26,29,31H2,1-11H3,(H,57,67)(H,58,66)/b18-15+/t33-,41-,42-,47-/m0/s1. The van der Waals surface area contributed by atoms with Crippen molar-refractivity contribution in [1.82, 2.24) is 44.7 Å². The van der Waals surface area contributed by atoms with Crippen LogP contribution in [-0.2, 0) is 55.1 Å². The third kappa shape index (κ3) is 11.6. The Morgan fingerprint density at radius 1 is 1.06 bits per heavy atom. The number of amides is 4. The topological polar surface area (TPSA) is 205 Å². The van der Waals surface area contributed by atoms with Crippen molar-refractivity contribution in [3.8, 4) is 28.1 Å². The number of rotatable bonds is 13. The number of methoxy groups -OCH3 is 1. The van der Waals surface area contributed by atoms with Gasteiger partial charge in [-0.15, -0.1) is 0 Å². The van der Waals surface area contributed by atoms with E-state index in [-0.39, 0.29) is 43.1 Å². The lowest BCUT2D eigenvalue weighted by Crippen LogP contribution is -2.62. The van der Waals surface area contributed by atoms with E-state index in [1.54, 1.807) is 52.4 Å². The van der Waals surface area contributed by atoms with Gasteiger partial charge >= 0.3 is 5.97 Å². The normalized spacial score (nSPS) is 18.3. The van der Waals surface area contributed by atoms with Crippen molar-refractivity contribution < 1.29 is 38.6 Å². The lowest BCUT2D eigenvalue weighted by Gasteiger charge is -2.36. The number of carbonyl (C=O) groups excluding carboxylic acids is 5. The molecule has 4 N–H and O–H groups in total. The second-order valence-corrected chi connectivity index (χ2v) is 20.3. The van der Waals surface area contributed by atoms with Crippen molar-refractivity contribution in [1.29, 1.82) is 0 Å². The monoisotopic (exact) mass is 987 g/mol. The fraction of sp³-hybridized carbons (Fsp3) is 0.463. The summed E-state index contributed by atoms with van der Waals surface area (Å²) < 4.78 is 15.7. The molecule has 2 aliphatic heterocycles. The average Bonchev–Trinajstić information content (AvgIpc) is 3.86. The molecule has 4 atom stereocenters. The third-order valence-electron chi connectivity index (χ3n) is 13.5. The Bertz CT molecular complexity index is 2860. The van der Waals surface area contributed by atoms with Crippen LogP contribution in [0.5, 0.6) is 5.75 Å². The summed E-state index contributed by atoms with van der Waals surface area (Å²) in [4.78, 5) is 82.6. The number of nitrogens with one attached hydrogen (secondary N) is 3. The number of aromatic nitrogens is 4. The number of anilines is 1. The number of aryl methyl sites for hydroxylation is 1. The van der Waals surface area contributed by atoms with Gasteiger partial charge in [0.2, 0.25) is 17.6 Å². The number of hydrogen-bond donors (Lipinski definition) is 4. The Hall–Kier alpha value is -6.89. The number of carbonyl (C=O) groups is 5. The number of benzene rings is 2. The Balaban J connectivity index is 1.27. The van der Waals surface area contributed by atoms with Crippen molar-refractivity contribution in [2.75, 3.05) is 53.3 Å². The molecular weight excluding hydrogens is 917 g/mol. The van der Waals surface area contributed by atoms with Gasteiger partial charge in [-0.1, -0.05) is 45.9 Å². The number of ether oxygens (including phenoxy) is 2. The van der Waals surface area contributed by atoms with Crippen LogP contribution in [0.2, 0.25) is 0 Å². The maximum Gasteiger partial charge on any atom is 0.324 e. The van der Waals surface area contributed by atoms with Crippen LogP contribution in [0.1, 0.15) is 87.9 Å². The molecule has 72 heavy (non-hydrogen) atoms. The summed E-state index contributed by atoms with van der Waals surface area (Å²) in [5.41, 5.74) is 9.39. The fourth-order valence-corrected chi connectivity index (χ4v) is 9.80. The number of esters is 1. The van der Waals surface area contributed by atoms with Gasteiger partial charge < -0.3 is 44.1 Å². The van der Waals surface area contributed by atoms with Gasteiger partial charge in [0.25, 0.3) is 11.8 Å². The lowest BCUT2D eigenvalue weighted by molar-refractivity contribution is -0.155. The van der Waals surface area contributed by atoms with E-state index in [0.29, 0.717) is 43.5 Å². The molecule has 7 rings (SSSR count). The molecular formula is C54H70N10O8. The number of aromatic hydroxyl groups is 1. The number of fused-ring (bicyclic) bond motifs is 6. The Labute approximate surface area is 421 Å². The molecule has 384 valence electrons. The van der Waals surface area contributed by atoms with Crippen LogP contribution in [0.3, 0.4) is 0 Å². The molecule has 5 heterocycles. The molecule has 18 heteroatoms. The maximum absolute atomic E-state index is 14.8. The highest BCUT2D eigenvalue weighted by atomic mass is 16.5. The Morgan fingerprint density at radius 3 is 2.53 bits per heavy atom. The van der Waals surface area contributed by atoms with Gasteiger partial charge in [-0.25, -0.2) is 10.4 Å². The molecule has 6 bridgehead atoms. The maximum atomic E-state index is 14.8. The quantitative estimate of drug-likeness (QED) is 0.0788. The first-order valence-electron chi connectivity index (χ1n) is 24.6. The third-order valence-corrected chi connectivity index (χ3v) is 13.5. The van der Waals surface area contributed by atoms with Crippen molar-refractivity contribution >= 4 is 46.3 Å². The zero-order valence-electron chi connectivity index (χ0n) is 43.4. The average molecular weight is 987 g/mol. The molecule has 0 unspecified atom stereocenters. The zero-order chi connectivity index (χ0) is 52.2. The minimum absolute atomic E-state index is 0.0164. The van der Waals surface area contributed by atoms with Gasteiger partial charge in [0.15, 0.2) is 0 Å². The number of imidazole rings is 1. The van der Waals surface area contributed by atoms with Crippen LogP contribution in [0.15, 0.2) is 73.1 Å². The van der Waals surface area contributed by atoms with Gasteiger partial charge in [-0.05, 0) is 112 Å². The first-order valence-corrected chi connectivity index (χ1v) is 24.6. The van der Waals surface area contributed by atoms with E-state index in [1.807, 2.05) is 44.1 Å². The predicted molar refractivity (Wildman–Crippen MR) is 276 cm³/mol. The van der Waals surface area contributed by atoms with Crippen LogP contribution in [0.4, 0.5) is 5.82 Å². The van der Waals surface area contributed by atoms with Crippen molar-refractivity contribution in [3.05, 3.63) is 95.7 Å². The van der Waals surface area contributed by atoms with Gasteiger partial charge in [0, 0.05) is 81.4 Å². The van der Waals surface area contributed by atoms with Crippen LogP contribution >= 0.6 is 0 Å². The summed E-state index contributed by atoms with van der Waals surface area (Å²) in [7, 11) is 8.52. The van der Waals surface area contributed by atoms with E-state index < -0.39 is 59.1 Å². The van der Waals surface area contributed by atoms with Crippen molar-refractivity contribution in [2.24, 2.45) is 18.4 Å². The molecule has 0 aliphatic carbocycles. The van der Waals surface area contributed by atoms with E-state index in [0.717, 1.165) is 39.0 Å². The second kappa shape index (κ2) is 22.3. The second-order valence-electron chi connectivity index (χ2n) is 20.3. The summed E-state index contributed by atoms with van der Waals surface area (Å²) in [6.45, 7) is 13.4. The molecule has 0 saturated carbocycles. The van der Waals surface area contributed by atoms with Crippen LogP contribution in [0.25, 0.3) is 33.3 Å². The minimum atomic E-state index is -1.22. The molecule has 2 aromatic carbocycles. The van der Waals surface area contributed by atoms with Crippen molar-refractivity contribution in [2.45, 2.75) is 98.0 Å². The molecule has 0 radical (unpaired) electrons. The molecule has 4 amide bonds. The Morgan fingerprint density at radius 2 is 1.82 bits per heavy atom. The van der Waals surface area contributed by atoms with Crippen LogP contribution in [0, 0.1) is 11.3 Å². The van der Waals surface area contributed by atoms with E-state index in [9.17, 15) is 29.1 Å². The molecule has 1 saturated heterocycles. The zero-order valence-corrected chi connectivity index (χ0v) is 43.4. The molecule has 5 aromatic rings. The largest absolute Gasteiger partial charge is 0.508 e. The number of phenols is 1. The highest BCUT2D eigenvalue weighted by molar-refractivity contribution is 6.01. The number of hydrogen-bond acceptors (Lipinski definition) is 12. The number of nitrogens with zero attached hydrogens (tertiary/aromatic N) is 7. The highest BCUT2D eigenvalue weighted by Gasteiger charge is 2.38. The molecule has 0 spiro atoms. The first kappa shape index (κ1) is 52.9. The predicted octanol–water partition coefficient (Wildman–Crippen LogP) is 6.04. The highest BCUT2D eigenvalue weighted by Crippen LogP contribution is 2.42. The molecule has 3 aromatic heterocycles. The summed E-state index contributed by atoms with van der Waals surface area (Å²) in [5.74, 6) is -2.79. The number of hydrazine groups is 1. The van der Waals surface area contributed by atoms with Crippen LogP contribution in [-0.4, -0.2) is 135 Å². The summed E-state index contributed by atoms with van der Waals surface area (Å²) in [6.07, 6.45) is 7.35. The number of likely N-dealkylation sites (N-methyl/N-ethyl adjacent to an activating group) is 2. The van der Waals surface area contributed by atoms with E-state index in [4.69, 9.17) is 14.5 Å². The van der Waals surface area contributed by atoms with Gasteiger partial charge in [0.1, 0.15) is 29.7 Å². The molecule has 2 aliphatic rings. The summed E-state index contributed by atoms with van der Waals surface area (Å²) in [5, 5.41) is 19.5. The van der Waals surface area contributed by atoms with E-state index in [2.05, 4.69) is 64.6 Å².